The molecule has 0 spiro atoms. The third-order valence-electron chi connectivity index (χ3n) is 1.93. The van der Waals surface area contributed by atoms with Gasteiger partial charge in [-0.05, 0) is 42.4 Å². The predicted molar refractivity (Wildman–Crippen MR) is 55.3 cm³/mol. The third kappa shape index (κ3) is 1.71. The second-order valence-electron chi connectivity index (χ2n) is 3.06. The molecule has 1 fully saturated rings. The standard InChI is InChI=1S/C9H10INO/c1-6-8(10)4-11-5-9(6)12-7-2-3-7/h4-5,7H,2-3H2,1H3. The van der Waals surface area contributed by atoms with Crippen LogP contribution in [-0.2, 0) is 0 Å². The molecule has 0 radical (unpaired) electrons. The van der Waals surface area contributed by atoms with Gasteiger partial charge < -0.3 is 4.74 Å². The molecule has 1 saturated carbocycles. The topological polar surface area (TPSA) is 22.1 Å². The van der Waals surface area contributed by atoms with Gasteiger partial charge >= 0.3 is 0 Å². The number of rotatable bonds is 2. The van der Waals surface area contributed by atoms with Crippen LogP contribution in [0.5, 0.6) is 5.75 Å². The van der Waals surface area contributed by atoms with E-state index in [0.29, 0.717) is 6.10 Å². The zero-order valence-corrected chi connectivity index (χ0v) is 9.04. The monoisotopic (exact) mass is 275 g/mol. The molecule has 0 bridgehead atoms. The van der Waals surface area contributed by atoms with Crippen molar-refractivity contribution in [1.29, 1.82) is 0 Å². The van der Waals surface area contributed by atoms with Crippen LogP contribution in [-0.4, -0.2) is 11.1 Å². The van der Waals surface area contributed by atoms with Crippen LogP contribution in [0.4, 0.5) is 0 Å². The lowest BCUT2D eigenvalue weighted by molar-refractivity contribution is 0.299. The Morgan fingerprint density at radius 3 is 2.92 bits per heavy atom. The zero-order valence-electron chi connectivity index (χ0n) is 6.88. The molecule has 0 atom stereocenters. The summed E-state index contributed by atoms with van der Waals surface area (Å²) in [5.74, 6) is 0.949. The fraction of sp³-hybridized carbons (Fsp3) is 0.444. The van der Waals surface area contributed by atoms with Gasteiger partial charge in [-0.15, -0.1) is 0 Å². The zero-order chi connectivity index (χ0) is 8.55. The van der Waals surface area contributed by atoms with Crippen molar-refractivity contribution in [3.63, 3.8) is 0 Å². The molecule has 1 aliphatic carbocycles. The molecule has 1 aromatic heterocycles. The van der Waals surface area contributed by atoms with Crippen molar-refractivity contribution >= 4 is 22.6 Å². The highest BCUT2D eigenvalue weighted by Crippen LogP contribution is 2.29. The minimum atomic E-state index is 0.462. The highest BCUT2D eigenvalue weighted by Gasteiger charge is 2.24. The van der Waals surface area contributed by atoms with Gasteiger partial charge in [0.05, 0.1) is 12.3 Å². The highest BCUT2D eigenvalue weighted by atomic mass is 127. The Morgan fingerprint density at radius 2 is 2.25 bits per heavy atom. The minimum Gasteiger partial charge on any atom is -0.488 e. The quantitative estimate of drug-likeness (QED) is 0.774. The molecule has 0 N–H and O–H groups in total. The average Bonchev–Trinajstić information content (AvgIpc) is 2.83. The maximum Gasteiger partial charge on any atom is 0.141 e. The molecule has 2 nitrogen and oxygen atoms in total. The molecule has 64 valence electrons. The van der Waals surface area contributed by atoms with E-state index in [2.05, 4.69) is 34.5 Å². The van der Waals surface area contributed by atoms with E-state index in [1.54, 1.807) is 6.20 Å². The summed E-state index contributed by atoms with van der Waals surface area (Å²) < 4.78 is 6.84. The second-order valence-corrected chi connectivity index (χ2v) is 4.22. The number of hydrogen-bond donors (Lipinski definition) is 0. The number of aromatic nitrogens is 1. The summed E-state index contributed by atoms with van der Waals surface area (Å²) in [4.78, 5) is 4.09. The van der Waals surface area contributed by atoms with Crippen LogP contribution in [0.15, 0.2) is 12.4 Å². The number of ether oxygens (including phenoxy) is 1. The summed E-state index contributed by atoms with van der Waals surface area (Å²) in [7, 11) is 0. The summed E-state index contributed by atoms with van der Waals surface area (Å²) in [6.07, 6.45) is 6.52. The number of hydrogen-bond acceptors (Lipinski definition) is 2. The van der Waals surface area contributed by atoms with Gasteiger partial charge in [-0.3, -0.25) is 4.98 Å². The van der Waals surface area contributed by atoms with E-state index in [1.807, 2.05) is 6.20 Å². The first kappa shape index (κ1) is 8.29. The van der Waals surface area contributed by atoms with Gasteiger partial charge in [0.15, 0.2) is 0 Å². The Bertz CT molecular complexity index is 297. The van der Waals surface area contributed by atoms with Crippen LogP contribution < -0.4 is 4.74 Å². The Hall–Kier alpha value is -0.320. The van der Waals surface area contributed by atoms with E-state index in [1.165, 1.54) is 22.0 Å². The van der Waals surface area contributed by atoms with Crippen molar-refractivity contribution in [2.75, 3.05) is 0 Å². The summed E-state index contributed by atoms with van der Waals surface area (Å²) in [5.41, 5.74) is 1.21. The fourth-order valence-electron chi connectivity index (χ4n) is 0.966. The van der Waals surface area contributed by atoms with E-state index in [9.17, 15) is 0 Å². The molecule has 1 aliphatic rings. The first-order valence-electron chi connectivity index (χ1n) is 4.04. The van der Waals surface area contributed by atoms with Crippen molar-refractivity contribution in [2.45, 2.75) is 25.9 Å². The summed E-state index contributed by atoms with van der Waals surface area (Å²) >= 11 is 2.27. The van der Waals surface area contributed by atoms with Crippen molar-refractivity contribution in [1.82, 2.24) is 4.98 Å². The Labute approximate surface area is 85.5 Å². The van der Waals surface area contributed by atoms with E-state index in [-0.39, 0.29) is 0 Å². The Kier molecular flexibility index (Phi) is 2.21. The van der Waals surface area contributed by atoms with Crippen LogP contribution >= 0.6 is 22.6 Å². The lowest BCUT2D eigenvalue weighted by Crippen LogP contribution is -1.99. The minimum absolute atomic E-state index is 0.462. The molecule has 3 heteroatoms. The van der Waals surface area contributed by atoms with Gasteiger partial charge in [-0.25, -0.2) is 0 Å². The smallest absolute Gasteiger partial charge is 0.141 e. The fourth-order valence-corrected chi connectivity index (χ4v) is 1.39. The Morgan fingerprint density at radius 1 is 1.50 bits per heavy atom. The molecular formula is C9H10INO. The average molecular weight is 275 g/mol. The van der Waals surface area contributed by atoms with Gasteiger partial charge in [0, 0.05) is 15.3 Å². The SMILES string of the molecule is Cc1c(I)cncc1OC1CC1. The molecular weight excluding hydrogens is 265 g/mol. The van der Waals surface area contributed by atoms with E-state index >= 15 is 0 Å². The van der Waals surface area contributed by atoms with Crippen LogP contribution in [0.1, 0.15) is 18.4 Å². The molecule has 0 aliphatic heterocycles. The lowest BCUT2D eigenvalue weighted by Gasteiger charge is -2.07. The van der Waals surface area contributed by atoms with Crippen LogP contribution in [0.2, 0.25) is 0 Å². The summed E-state index contributed by atoms with van der Waals surface area (Å²) in [6.45, 7) is 2.07. The molecule has 2 rings (SSSR count). The van der Waals surface area contributed by atoms with Gasteiger partial charge in [0.25, 0.3) is 0 Å². The lowest BCUT2D eigenvalue weighted by atomic mass is 10.3. The summed E-state index contributed by atoms with van der Waals surface area (Å²) in [6, 6.07) is 0. The van der Waals surface area contributed by atoms with Gasteiger partial charge in [0.1, 0.15) is 5.75 Å². The van der Waals surface area contributed by atoms with Crippen molar-refractivity contribution in [3.05, 3.63) is 21.5 Å². The van der Waals surface area contributed by atoms with Crippen molar-refractivity contribution in [2.24, 2.45) is 0 Å². The Balaban J connectivity index is 2.23. The number of nitrogens with zero attached hydrogens (tertiary/aromatic N) is 1. The summed E-state index contributed by atoms with van der Waals surface area (Å²) in [5, 5.41) is 0. The molecule has 12 heavy (non-hydrogen) atoms. The van der Waals surface area contributed by atoms with Gasteiger partial charge in [-0.1, -0.05) is 0 Å². The highest BCUT2D eigenvalue weighted by molar-refractivity contribution is 14.1. The van der Waals surface area contributed by atoms with Crippen molar-refractivity contribution < 1.29 is 4.74 Å². The van der Waals surface area contributed by atoms with Crippen LogP contribution in [0.25, 0.3) is 0 Å². The first-order valence-corrected chi connectivity index (χ1v) is 5.12. The normalized spacial score (nSPS) is 16.2. The second kappa shape index (κ2) is 3.20. The first-order chi connectivity index (χ1) is 5.77. The van der Waals surface area contributed by atoms with Crippen LogP contribution in [0, 0.1) is 10.5 Å². The molecule has 0 saturated heterocycles. The maximum absolute atomic E-state index is 5.67. The number of halogens is 1. The molecule has 1 heterocycles. The largest absolute Gasteiger partial charge is 0.488 e. The van der Waals surface area contributed by atoms with Crippen LogP contribution in [0.3, 0.4) is 0 Å². The van der Waals surface area contributed by atoms with Crippen molar-refractivity contribution in [3.8, 4) is 5.75 Å². The van der Waals surface area contributed by atoms with E-state index in [4.69, 9.17) is 4.74 Å². The molecule has 0 aromatic carbocycles. The predicted octanol–water partition coefficient (Wildman–Crippen LogP) is 2.54. The van der Waals surface area contributed by atoms with Gasteiger partial charge in [-0.2, -0.15) is 0 Å². The van der Waals surface area contributed by atoms with Gasteiger partial charge in [0.2, 0.25) is 0 Å². The third-order valence-corrected chi connectivity index (χ3v) is 3.01. The maximum atomic E-state index is 5.67. The van der Waals surface area contributed by atoms with E-state index < -0.39 is 0 Å². The number of pyridine rings is 1. The molecule has 0 amide bonds. The molecule has 0 unspecified atom stereocenters. The molecule has 1 aromatic rings. The van der Waals surface area contributed by atoms with E-state index in [0.717, 1.165) is 5.75 Å².